The second-order valence-corrected chi connectivity index (χ2v) is 10.5. The minimum Gasteiger partial charge on any atom is -0.305 e. The van der Waals surface area contributed by atoms with E-state index in [4.69, 9.17) is 0 Å². The highest BCUT2D eigenvalue weighted by Gasteiger charge is 2.56. The molecule has 2 saturated heterocycles. The van der Waals surface area contributed by atoms with E-state index < -0.39 is 14.9 Å². The zero-order valence-corrected chi connectivity index (χ0v) is 17.0. The van der Waals surface area contributed by atoms with Crippen molar-refractivity contribution in [1.82, 2.24) is 9.21 Å². The lowest BCUT2D eigenvalue weighted by molar-refractivity contribution is -0.387. The molecule has 3 fully saturated rings. The summed E-state index contributed by atoms with van der Waals surface area (Å²) >= 11 is 0. The van der Waals surface area contributed by atoms with E-state index in [-0.39, 0.29) is 22.0 Å². The Hall–Kier alpha value is -1.77. The summed E-state index contributed by atoms with van der Waals surface area (Å²) in [6.45, 7) is 6.23. The Morgan fingerprint density at radius 2 is 2.07 bits per heavy atom. The summed E-state index contributed by atoms with van der Waals surface area (Å²) in [7, 11) is -1.86. The third-order valence-corrected chi connectivity index (χ3v) is 8.91. The zero-order chi connectivity index (χ0) is 20.1. The number of nitro groups is 1. The van der Waals surface area contributed by atoms with Gasteiger partial charge in [0.25, 0.3) is 5.69 Å². The molecule has 1 saturated carbocycles. The molecule has 0 aromatic heterocycles. The normalized spacial score (nSPS) is 33.4. The fourth-order valence-corrected chi connectivity index (χ4v) is 7.89. The van der Waals surface area contributed by atoms with Crippen LogP contribution in [0.5, 0.6) is 0 Å². The Bertz CT molecular complexity index is 902. The number of benzene rings is 1. The number of fused-ring (bicyclic) bond motifs is 1. The van der Waals surface area contributed by atoms with Crippen molar-refractivity contribution in [1.29, 1.82) is 0 Å². The van der Waals surface area contributed by atoms with Crippen LogP contribution in [0.2, 0.25) is 0 Å². The van der Waals surface area contributed by atoms with Crippen LogP contribution in [-0.4, -0.2) is 55.3 Å². The van der Waals surface area contributed by atoms with Crippen LogP contribution < -0.4 is 0 Å². The van der Waals surface area contributed by atoms with Gasteiger partial charge in [-0.05, 0) is 50.6 Å². The predicted octanol–water partition coefficient (Wildman–Crippen LogP) is 2.89. The smallest absolute Gasteiger partial charge is 0.289 e. The molecule has 28 heavy (non-hydrogen) atoms. The van der Waals surface area contributed by atoms with Crippen molar-refractivity contribution in [2.45, 2.75) is 36.6 Å². The third kappa shape index (κ3) is 2.98. The number of rotatable bonds is 5. The van der Waals surface area contributed by atoms with Crippen LogP contribution in [0.25, 0.3) is 0 Å². The lowest BCUT2D eigenvalue weighted by Crippen LogP contribution is -2.65. The second kappa shape index (κ2) is 6.93. The van der Waals surface area contributed by atoms with E-state index in [2.05, 4.69) is 18.5 Å². The summed E-state index contributed by atoms with van der Waals surface area (Å²) in [6, 6.07) is 5.61. The molecule has 0 amide bonds. The molecular formula is C20H27N3O4S. The summed E-state index contributed by atoms with van der Waals surface area (Å²) in [5, 5.41) is 11.4. The van der Waals surface area contributed by atoms with Crippen LogP contribution in [0, 0.1) is 27.4 Å². The molecular weight excluding hydrogens is 378 g/mol. The maximum Gasteiger partial charge on any atom is 0.289 e. The maximum absolute atomic E-state index is 13.6. The Morgan fingerprint density at radius 1 is 1.32 bits per heavy atom. The molecule has 0 unspecified atom stereocenters. The number of nitro benzene ring substituents is 1. The van der Waals surface area contributed by atoms with E-state index in [1.54, 1.807) is 10.4 Å². The molecule has 1 aromatic carbocycles. The number of hydrogen-bond donors (Lipinski definition) is 0. The molecule has 0 spiro atoms. The van der Waals surface area contributed by atoms with Gasteiger partial charge in [0, 0.05) is 37.2 Å². The van der Waals surface area contributed by atoms with Crippen molar-refractivity contribution in [3.05, 3.63) is 47.0 Å². The molecule has 2 aliphatic heterocycles. The van der Waals surface area contributed by atoms with E-state index in [0.717, 1.165) is 38.8 Å². The molecule has 4 atom stereocenters. The largest absolute Gasteiger partial charge is 0.305 e. The van der Waals surface area contributed by atoms with Crippen LogP contribution in [0.3, 0.4) is 0 Å². The van der Waals surface area contributed by atoms with Gasteiger partial charge in [-0.25, -0.2) is 8.42 Å². The first kappa shape index (κ1) is 19.5. The van der Waals surface area contributed by atoms with Gasteiger partial charge in [-0.1, -0.05) is 18.2 Å². The van der Waals surface area contributed by atoms with Crippen molar-refractivity contribution in [3.8, 4) is 0 Å². The van der Waals surface area contributed by atoms with Crippen molar-refractivity contribution in [2.75, 3.05) is 26.7 Å². The summed E-state index contributed by atoms with van der Waals surface area (Å²) in [5.74, 6) is 1.07. The number of para-hydroxylation sites is 1. The van der Waals surface area contributed by atoms with E-state index in [1.807, 2.05) is 6.08 Å². The van der Waals surface area contributed by atoms with Crippen LogP contribution >= 0.6 is 0 Å². The fourth-order valence-electron chi connectivity index (χ4n) is 5.97. The molecule has 152 valence electrons. The first-order valence-corrected chi connectivity index (χ1v) is 11.3. The quantitative estimate of drug-likeness (QED) is 0.427. The standard InChI is InChI=1S/C20H27N3O4S/c1-3-10-20-13-21(2)12-15-8-9-16(11-17(15)20)22(14-20)28(26,27)19-7-5-4-6-18(19)23(24)25/h3-7,15-17H,1,8-14H2,2H3/t15-,16-,17-,20-/m1/s1. The van der Waals surface area contributed by atoms with E-state index in [1.165, 1.54) is 18.2 Å². The van der Waals surface area contributed by atoms with E-state index in [0.29, 0.717) is 18.4 Å². The molecule has 1 aliphatic carbocycles. The molecule has 3 aliphatic rings. The Balaban J connectivity index is 1.78. The fraction of sp³-hybridized carbons (Fsp3) is 0.600. The molecule has 8 heteroatoms. The predicted molar refractivity (Wildman–Crippen MR) is 106 cm³/mol. The number of allylic oxidation sites excluding steroid dienone is 1. The maximum atomic E-state index is 13.6. The minimum absolute atomic E-state index is 0.0765. The van der Waals surface area contributed by atoms with Gasteiger partial charge in [0.05, 0.1) is 4.92 Å². The van der Waals surface area contributed by atoms with Gasteiger partial charge in [0.15, 0.2) is 4.90 Å². The van der Waals surface area contributed by atoms with Gasteiger partial charge in [-0.3, -0.25) is 10.1 Å². The molecule has 2 heterocycles. The number of nitrogens with zero attached hydrogens (tertiary/aromatic N) is 3. The SMILES string of the molecule is C=CC[C@]12CN(C)C[C@H]3CC[C@H](C[C@H]31)N(S(=O)(=O)c1ccccc1[N+](=O)[O-])C2. The minimum atomic E-state index is -3.96. The Labute approximate surface area is 166 Å². The molecule has 0 N–H and O–H groups in total. The average molecular weight is 406 g/mol. The number of hydrogen-bond acceptors (Lipinski definition) is 5. The van der Waals surface area contributed by atoms with Gasteiger partial charge in [0.2, 0.25) is 10.0 Å². The van der Waals surface area contributed by atoms with Crippen LogP contribution in [0.4, 0.5) is 5.69 Å². The topological polar surface area (TPSA) is 83.8 Å². The average Bonchev–Trinajstić information content (AvgIpc) is 2.66. The van der Waals surface area contributed by atoms with Gasteiger partial charge in [0.1, 0.15) is 0 Å². The Morgan fingerprint density at radius 3 is 2.79 bits per heavy atom. The lowest BCUT2D eigenvalue weighted by atomic mass is 9.56. The van der Waals surface area contributed by atoms with Crippen molar-refractivity contribution >= 4 is 15.7 Å². The first-order valence-electron chi connectivity index (χ1n) is 9.83. The van der Waals surface area contributed by atoms with Gasteiger partial charge >= 0.3 is 0 Å². The molecule has 0 radical (unpaired) electrons. The molecule has 7 nitrogen and oxygen atoms in total. The van der Waals surface area contributed by atoms with Crippen LogP contribution in [-0.2, 0) is 10.0 Å². The van der Waals surface area contributed by atoms with Gasteiger partial charge < -0.3 is 4.90 Å². The van der Waals surface area contributed by atoms with Crippen molar-refractivity contribution < 1.29 is 13.3 Å². The zero-order valence-electron chi connectivity index (χ0n) is 16.2. The number of likely N-dealkylation sites (tertiary alicyclic amines) is 1. The Kier molecular flexibility index (Phi) is 4.84. The molecule has 4 rings (SSSR count). The second-order valence-electron chi connectivity index (χ2n) is 8.66. The summed E-state index contributed by atoms with van der Waals surface area (Å²) in [6.07, 6.45) is 5.32. The number of sulfonamides is 1. The van der Waals surface area contributed by atoms with Gasteiger partial charge in [-0.15, -0.1) is 6.58 Å². The lowest BCUT2D eigenvalue weighted by Gasteiger charge is -2.60. The summed E-state index contributed by atoms with van der Waals surface area (Å²) in [4.78, 5) is 13.0. The van der Waals surface area contributed by atoms with Crippen molar-refractivity contribution in [3.63, 3.8) is 0 Å². The van der Waals surface area contributed by atoms with Gasteiger partial charge in [-0.2, -0.15) is 4.31 Å². The summed E-state index contributed by atoms with van der Waals surface area (Å²) in [5.41, 5.74) is -0.524. The summed E-state index contributed by atoms with van der Waals surface area (Å²) < 4.78 is 28.7. The molecule has 2 bridgehead atoms. The van der Waals surface area contributed by atoms with Crippen LogP contribution in [0.1, 0.15) is 25.7 Å². The van der Waals surface area contributed by atoms with Crippen molar-refractivity contribution in [2.24, 2.45) is 17.3 Å². The first-order chi connectivity index (χ1) is 13.3. The number of piperidine rings is 2. The molecule has 1 aromatic rings. The third-order valence-electron chi connectivity index (χ3n) is 6.96. The highest BCUT2D eigenvalue weighted by molar-refractivity contribution is 7.89. The highest BCUT2D eigenvalue weighted by Crippen LogP contribution is 2.54. The monoisotopic (exact) mass is 405 g/mol. The van der Waals surface area contributed by atoms with E-state index >= 15 is 0 Å². The van der Waals surface area contributed by atoms with Crippen LogP contribution in [0.15, 0.2) is 41.8 Å². The van der Waals surface area contributed by atoms with E-state index in [9.17, 15) is 18.5 Å². The highest BCUT2D eigenvalue weighted by atomic mass is 32.2.